The van der Waals surface area contributed by atoms with Gasteiger partial charge in [-0.25, -0.2) is 32.0 Å². The Morgan fingerprint density at radius 3 is 2.50 bits per heavy atom. The molecule has 2 saturated heterocycles. The topological polar surface area (TPSA) is 140 Å². The Hall–Kier alpha value is -3.66. The van der Waals surface area contributed by atoms with Crippen molar-refractivity contribution in [3.63, 3.8) is 0 Å². The number of amides is 2. The van der Waals surface area contributed by atoms with Gasteiger partial charge < -0.3 is 20.1 Å². The van der Waals surface area contributed by atoms with Crippen molar-refractivity contribution in [1.29, 1.82) is 0 Å². The highest BCUT2D eigenvalue weighted by Crippen LogP contribution is 2.41. The maximum absolute atomic E-state index is 14.0. The van der Waals surface area contributed by atoms with E-state index in [1.54, 1.807) is 19.3 Å². The second-order valence-electron chi connectivity index (χ2n) is 12.0. The van der Waals surface area contributed by atoms with Crippen LogP contribution in [0.1, 0.15) is 85.3 Å². The number of carbonyl (C=O) groups excluding carboxylic acids is 2. The van der Waals surface area contributed by atoms with Crippen LogP contribution in [0.2, 0.25) is 0 Å². The van der Waals surface area contributed by atoms with Crippen LogP contribution in [0.3, 0.4) is 0 Å². The Morgan fingerprint density at radius 2 is 1.82 bits per heavy atom. The molecule has 2 N–H and O–H groups in total. The van der Waals surface area contributed by atoms with Gasteiger partial charge in [0, 0.05) is 39.1 Å². The molecule has 3 aromatic rings. The number of hydrogen-bond donors (Lipinski definition) is 2. The summed E-state index contributed by atoms with van der Waals surface area (Å²) in [4.78, 5) is 37.3. The van der Waals surface area contributed by atoms with Crippen molar-refractivity contribution in [2.24, 2.45) is 13.0 Å². The second-order valence-corrected chi connectivity index (χ2v) is 12.0. The summed E-state index contributed by atoms with van der Waals surface area (Å²) in [6.45, 7) is -0.647. The van der Waals surface area contributed by atoms with Crippen molar-refractivity contribution in [1.82, 2.24) is 39.6 Å². The average molecular weight is 623 g/mol. The summed E-state index contributed by atoms with van der Waals surface area (Å²) in [6.07, 6.45) is 2.42. The summed E-state index contributed by atoms with van der Waals surface area (Å²) < 4.78 is 63.3. The number of hydrogen-bond acceptors (Lipinski definition) is 8. The van der Waals surface area contributed by atoms with Gasteiger partial charge in [0.05, 0.1) is 42.0 Å². The molecule has 0 aromatic carbocycles. The highest BCUT2D eigenvalue weighted by Gasteiger charge is 2.43. The first-order valence-corrected chi connectivity index (χ1v) is 14.8. The van der Waals surface area contributed by atoms with Crippen LogP contribution in [0, 0.1) is 5.92 Å². The first kappa shape index (κ1) is 30.4. The third kappa shape index (κ3) is 6.27. The van der Waals surface area contributed by atoms with E-state index < -0.39 is 61.0 Å². The quantitative estimate of drug-likeness (QED) is 0.400. The lowest BCUT2D eigenvalue weighted by Crippen LogP contribution is -2.50. The van der Waals surface area contributed by atoms with Gasteiger partial charge in [0.1, 0.15) is 18.4 Å². The van der Waals surface area contributed by atoms with Gasteiger partial charge in [0.15, 0.2) is 0 Å². The van der Waals surface area contributed by atoms with E-state index in [0.717, 1.165) is 0 Å². The number of aromatic nitrogens is 6. The number of aliphatic hydroxyl groups is 1. The largest absolute Gasteiger partial charge is 0.393 e. The Kier molecular flexibility index (Phi) is 8.07. The number of aliphatic hydroxyl groups excluding tert-OH is 1. The van der Waals surface area contributed by atoms with Crippen LogP contribution < -0.4 is 5.32 Å². The molecule has 0 bridgehead atoms. The molecule has 3 fully saturated rings. The van der Waals surface area contributed by atoms with E-state index in [4.69, 9.17) is 4.74 Å². The zero-order chi connectivity index (χ0) is 31.2. The number of fused-ring (bicyclic) bond motifs is 1. The smallest absolute Gasteiger partial charge is 0.271 e. The molecule has 0 radical (unpaired) electrons. The van der Waals surface area contributed by atoms with Crippen LogP contribution in [-0.4, -0.2) is 88.4 Å². The maximum atomic E-state index is 14.0. The van der Waals surface area contributed by atoms with Crippen LogP contribution in [0.4, 0.5) is 17.6 Å². The zero-order valence-electron chi connectivity index (χ0n) is 24.1. The van der Waals surface area contributed by atoms with E-state index in [-0.39, 0.29) is 56.8 Å². The lowest BCUT2D eigenvalue weighted by atomic mass is 9.81. The normalized spacial score (nSPS) is 26.4. The number of alkyl halides is 4. The van der Waals surface area contributed by atoms with E-state index in [9.17, 15) is 32.3 Å². The third-order valence-electron chi connectivity index (χ3n) is 8.87. The number of imidazole rings is 1. The van der Waals surface area contributed by atoms with E-state index >= 15 is 0 Å². The molecule has 238 valence electrons. The molecule has 3 unspecified atom stereocenters. The second kappa shape index (κ2) is 11.7. The first-order valence-electron chi connectivity index (χ1n) is 14.8. The number of carbonyl (C=O) groups is 2. The summed E-state index contributed by atoms with van der Waals surface area (Å²) in [5, 5.41) is 21.8. The molecule has 4 atom stereocenters. The van der Waals surface area contributed by atoms with Crippen LogP contribution in [-0.2, 0) is 16.6 Å². The molecule has 3 aliphatic rings. The van der Waals surface area contributed by atoms with Gasteiger partial charge in [-0.15, -0.1) is 0 Å². The standard InChI is InChI=1S/C28H34F4N8O4/c1-38-20(5-10-33-38)24(42)37-23(16-2-7-27(29,30)8-3-16)19-14-40-26(36-19)35-18(13-34-40)21-12-17(41)6-11-39(21)25(43)22-4-9-28(31,32)15-44-22/h5,10,13-14,16-17,21-23,41H,2-4,6-9,11-12,15H2,1H3,(H,37,42)/t17-,21?,22?,23?/m0/s1. The monoisotopic (exact) mass is 622 g/mol. The molecule has 2 amide bonds. The highest BCUT2D eigenvalue weighted by molar-refractivity contribution is 5.92. The van der Waals surface area contributed by atoms with Gasteiger partial charge in [-0.2, -0.15) is 10.2 Å². The molecule has 16 heteroatoms. The molecular weight excluding hydrogens is 588 g/mol. The van der Waals surface area contributed by atoms with Gasteiger partial charge in [-0.1, -0.05) is 0 Å². The fraction of sp³-hybridized carbons (Fsp3) is 0.643. The molecule has 1 saturated carbocycles. The van der Waals surface area contributed by atoms with Crippen LogP contribution in [0.15, 0.2) is 24.7 Å². The number of nitrogens with zero attached hydrogens (tertiary/aromatic N) is 7. The van der Waals surface area contributed by atoms with Crippen LogP contribution in [0.25, 0.3) is 5.78 Å². The Bertz CT molecular complexity index is 1510. The predicted molar refractivity (Wildman–Crippen MR) is 145 cm³/mol. The number of ether oxygens (including phenoxy) is 1. The van der Waals surface area contributed by atoms with Crippen LogP contribution >= 0.6 is 0 Å². The molecule has 5 heterocycles. The predicted octanol–water partition coefficient (Wildman–Crippen LogP) is 2.99. The number of halogens is 4. The Morgan fingerprint density at radius 1 is 1.07 bits per heavy atom. The van der Waals surface area contributed by atoms with Crippen molar-refractivity contribution in [2.45, 2.75) is 87.5 Å². The molecule has 0 spiro atoms. The van der Waals surface area contributed by atoms with Crippen molar-refractivity contribution >= 4 is 17.6 Å². The number of aryl methyl sites for hydroxylation is 1. The van der Waals surface area contributed by atoms with E-state index in [1.165, 1.54) is 26.5 Å². The molecule has 1 aliphatic carbocycles. The molecular formula is C28H34F4N8O4. The van der Waals surface area contributed by atoms with E-state index in [0.29, 0.717) is 23.5 Å². The minimum Gasteiger partial charge on any atom is -0.393 e. The molecule has 3 aromatic heterocycles. The minimum atomic E-state index is -2.98. The summed E-state index contributed by atoms with van der Waals surface area (Å²) in [6, 6.07) is 0.142. The van der Waals surface area contributed by atoms with Crippen molar-refractivity contribution < 1.29 is 37.0 Å². The maximum Gasteiger partial charge on any atom is 0.271 e. The van der Waals surface area contributed by atoms with Crippen molar-refractivity contribution in [2.75, 3.05) is 13.2 Å². The lowest BCUT2D eigenvalue weighted by Gasteiger charge is -2.40. The van der Waals surface area contributed by atoms with Crippen molar-refractivity contribution in [3.8, 4) is 0 Å². The van der Waals surface area contributed by atoms with Gasteiger partial charge in [-0.3, -0.25) is 14.3 Å². The van der Waals surface area contributed by atoms with Crippen molar-refractivity contribution in [3.05, 3.63) is 41.7 Å². The SMILES string of the molecule is Cn1nccc1C(=O)NC(c1cn2ncc(C3C[C@@H](O)CCN3C(=O)C3CCC(F)(F)CO3)nc2n1)C1CCC(F)(F)CC1. The number of rotatable bonds is 6. The summed E-state index contributed by atoms with van der Waals surface area (Å²) >= 11 is 0. The van der Waals surface area contributed by atoms with Gasteiger partial charge in [0.25, 0.3) is 23.5 Å². The van der Waals surface area contributed by atoms with E-state index in [1.807, 2.05) is 0 Å². The summed E-state index contributed by atoms with van der Waals surface area (Å²) in [7, 11) is 1.62. The first-order chi connectivity index (χ1) is 20.9. The Balaban J connectivity index is 1.27. The number of likely N-dealkylation sites (tertiary alicyclic amines) is 1. The fourth-order valence-electron chi connectivity index (χ4n) is 6.35. The summed E-state index contributed by atoms with van der Waals surface area (Å²) in [5.74, 6) is -6.78. The summed E-state index contributed by atoms with van der Waals surface area (Å²) in [5.41, 5.74) is 1.03. The van der Waals surface area contributed by atoms with Gasteiger partial charge in [0.2, 0.25) is 5.92 Å². The molecule has 6 rings (SSSR count). The Labute approximate surface area is 249 Å². The van der Waals surface area contributed by atoms with Crippen LogP contribution in [0.5, 0.6) is 0 Å². The number of piperidine rings is 1. The van der Waals surface area contributed by atoms with Gasteiger partial charge >= 0.3 is 0 Å². The highest BCUT2D eigenvalue weighted by atomic mass is 19.3. The lowest BCUT2D eigenvalue weighted by molar-refractivity contribution is -0.174. The average Bonchev–Trinajstić information content (AvgIpc) is 3.61. The minimum absolute atomic E-state index is 0.120. The zero-order valence-corrected chi connectivity index (χ0v) is 24.1. The van der Waals surface area contributed by atoms with E-state index in [2.05, 4.69) is 25.5 Å². The number of nitrogens with one attached hydrogen (secondary N) is 1. The molecule has 2 aliphatic heterocycles. The fourth-order valence-corrected chi connectivity index (χ4v) is 6.35. The van der Waals surface area contributed by atoms with Gasteiger partial charge in [-0.05, 0) is 44.1 Å². The molecule has 12 nitrogen and oxygen atoms in total. The molecule has 44 heavy (non-hydrogen) atoms. The third-order valence-corrected chi connectivity index (χ3v) is 8.87.